The molecule has 3 rings (SSSR count). The van der Waals surface area contributed by atoms with Gasteiger partial charge in [-0.15, -0.1) is 0 Å². The van der Waals surface area contributed by atoms with E-state index in [9.17, 15) is 4.79 Å². The normalized spacial score (nSPS) is 12.0. The number of aryl methyl sites for hydroxylation is 1. The van der Waals surface area contributed by atoms with E-state index >= 15 is 0 Å². The number of hydrogen-bond acceptors (Lipinski definition) is 3. The van der Waals surface area contributed by atoms with Crippen LogP contribution in [0.5, 0.6) is 0 Å². The molecular weight excluding hydrogens is 310 g/mol. The summed E-state index contributed by atoms with van der Waals surface area (Å²) in [7, 11) is 3.52. The maximum atomic E-state index is 12.0. The van der Waals surface area contributed by atoms with Crippen molar-refractivity contribution in [3.8, 4) is 11.1 Å². The number of carbonyl (C=O) groups is 1. The second-order valence-electron chi connectivity index (χ2n) is 6.50. The molecule has 0 fully saturated rings. The molecule has 0 saturated heterocycles. The monoisotopic (exact) mass is 333 g/mol. The van der Waals surface area contributed by atoms with Crippen LogP contribution in [0.3, 0.4) is 0 Å². The van der Waals surface area contributed by atoms with Gasteiger partial charge in [-0.3, -0.25) is 9.78 Å². The van der Waals surface area contributed by atoms with E-state index in [1.165, 1.54) is 16.7 Å². The number of amides is 1. The van der Waals surface area contributed by atoms with Gasteiger partial charge in [-0.25, -0.2) is 0 Å². The lowest BCUT2D eigenvalue weighted by Crippen LogP contribution is -2.36. The third kappa shape index (κ3) is 3.48. The minimum atomic E-state index is -0.285. The maximum Gasteiger partial charge on any atom is 0.244 e. The Balaban J connectivity index is 1.98. The van der Waals surface area contributed by atoms with Gasteiger partial charge < -0.3 is 10.2 Å². The molecule has 3 aromatic rings. The zero-order valence-corrected chi connectivity index (χ0v) is 15.1. The van der Waals surface area contributed by atoms with Crippen molar-refractivity contribution < 1.29 is 4.79 Å². The summed E-state index contributed by atoms with van der Waals surface area (Å²) in [5, 5.41) is 4.36. The van der Waals surface area contributed by atoms with Gasteiger partial charge in [-0.05, 0) is 48.7 Å². The summed E-state index contributed by atoms with van der Waals surface area (Å²) in [5.74, 6) is 0.0433. The van der Waals surface area contributed by atoms with Crippen LogP contribution in [0.2, 0.25) is 0 Å². The number of hydrogen-bond donors (Lipinski definition) is 1. The van der Waals surface area contributed by atoms with E-state index in [1.54, 1.807) is 19.0 Å². The first-order valence-corrected chi connectivity index (χ1v) is 8.40. The van der Waals surface area contributed by atoms with E-state index in [1.807, 2.05) is 31.3 Å². The molecule has 0 spiro atoms. The zero-order valence-electron chi connectivity index (χ0n) is 15.1. The summed E-state index contributed by atoms with van der Waals surface area (Å²) in [4.78, 5) is 18.1. The molecule has 1 N–H and O–H groups in total. The Morgan fingerprint density at radius 2 is 1.84 bits per heavy atom. The molecule has 1 heterocycles. The number of nitrogens with zero attached hydrogens (tertiary/aromatic N) is 2. The summed E-state index contributed by atoms with van der Waals surface area (Å²) >= 11 is 0. The summed E-state index contributed by atoms with van der Waals surface area (Å²) < 4.78 is 0. The second-order valence-corrected chi connectivity index (χ2v) is 6.50. The Labute approximate surface area is 148 Å². The van der Waals surface area contributed by atoms with Crippen molar-refractivity contribution in [1.82, 2.24) is 9.88 Å². The van der Waals surface area contributed by atoms with Gasteiger partial charge in [0.25, 0.3) is 0 Å². The highest BCUT2D eigenvalue weighted by atomic mass is 16.2. The summed E-state index contributed by atoms with van der Waals surface area (Å²) in [6, 6.07) is 16.2. The van der Waals surface area contributed by atoms with Crippen molar-refractivity contribution in [2.24, 2.45) is 0 Å². The van der Waals surface area contributed by atoms with Crippen LogP contribution in [0.1, 0.15) is 12.5 Å². The third-order valence-corrected chi connectivity index (χ3v) is 4.37. The molecule has 4 heteroatoms. The van der Waals surface area contributed by atoms with E-state index in [-0.39, 0.29) is 11.9 Å². The minimum absolute atomic E-state index is 0.0433. The highest BCUT2D eigenvalue weighted by Crippen LogP contribution is 2.31. The highest BCUT2D eigenvalue weighted by Gasteiger charge is 2.15. The van der Waals surface area contributed by atoms with Crippen molar-refractivity contribution in [2.75, 3.05) is 19.4 Å². The first kappa shape index (κ1) is 17.0. The number of likely N-dealkylation sites (N-methyl/N-ethyl adjacent to an activating group) is 1. The summed E-state index contributed by atoms with van der Waals surface area (Å²) in [6.45, 7) is 3.98. The number of carbonyl (C=O) groups excluding carboxylic acids is 1. The average Bonchev–Trinajstić information content (AvgIpc) is 2.60. The number of anilines is 1. The number of rotatable bonds is 4. The van der Waals surface area contributed by atoms with Crippen LogP contribution >= 0.6 is 0 Å². The first-order valence-electron chi connectivity index (χ1n) is 8.40. The molecule has 0 radical (unpaired) electrons. The Kier molecular flexibility index (Phi) is 4.70. The second kappa shape index (κ2) is 6.93. The standard InChI is InChI=1S/C21H23N3O/c1-14-7-5-6-8-17(14)18-11-12-22-20-13-16(9-10-19(18)20)23-15(2)21(25)24(3)4/h5-13,15,23H,1-4H3/t15-/m0/s1. The van der Waals surface area contributed by atoms with Gasteiger partial charge in [-0.2, -0.15) is 0 Å². The van der Waals surface area contributed by atoms with E-state index < -0.39 is 0 Å². The molecule has 0 bridgehead atoms. The molecule has 25 heavy (non-hydrogen) atoms. The molecule has 0 aliphatic rings. The summed E-state index contributed by atoms with van der Waals surface area (Å²) in [5.41, 5.74) is 5.43. The van der Waals surface area contributed by atoms with E-state index in [4.69, 9.17) is 0 Å². The van der Waals surface area contributed by atoms with Crippen molar-refractivity contribution in [1.29, 1.82) is 0 Å². The quantitative estimate of drug-likeness (QED) is 0.782. The van der Waals surface area contributed by atoms with Crippen LogP contribution in [0.15, 0.2) is 54.7 Å². The molecule has 0 saturated carbocycles. The van der Waals surface area contributed by atoms with Gasteiger partial charge >= 0.3 is 0 Å². The van der Waals surface area contributed by atoms with Gasteiger partial charge in [0, 0.05) is 31.4 Å². The zero-order chi connectivity index (χ0) is 18.0. The van der Waals surface area contributed by atoms with Crippen LogP contribution in [0.4, 0.5) is 5.69 Å². The SMILES string of the molecule is Cc1ccccc1-c1ccnc2cc(N[C@@H](C)C(=O)N(C)C)ccc12. The van der Waals surface area contributed by atoms with E-state index in [2.05, 4.69) is 47.6 Å². The topological polar surface area (TPSA) is 45.2 Å². The van der Waals surface area contributed by atoms with Crippen LogP contribution < -0.4 is 5.32 Å². The number of aromatic nitrogens is 1. The Morgan fingerprint density at radius 1 is 1.08 bits per heavy atom. The molecule has 0 aliphatic carbocycles. The lowest BCUT2D eigenvalue weighted by Gasteiger charge is -2.19. The van der Waals surface area contributed by atoms with Gasteiger partial charge in [0.1, 0.15) is 6.04 Å². The van der Waals surface area contributed by atoms with Crippen molar-refractivity contribution >= 4 is 22.5 Å². The van der Waals surface area contributed by atoms with E-state index in [0.29, 0.717) is 0 Å². The predicted octanol–water partition coefficient (Wildman–Crippen LogP) is 4.10. The van der Waals surface area contributed by atoms with Gasteiger partial charge in [0.15, 0.2) is 0 Å². The van der Waals surface area contributed by atoms with Crippen LogP contribution in [0.25, 0.3) is 22.0 Å². The third-order valence-electron chi connectivity index (χ3n) is 4.37. The van der Waals surface area contributed by atoms with Crippen LogP contribution in [-0.4, -0.2) is 35.9 Å². The molecule has 2 aromatic carbocycles. The minimum Gasteiger partial charge on any atom is -0.374 e. The Hall–Kier alpha value is -2.88. The predicted molar refractivity (Wildman–Crippen MR) is 104 cm³/mol. The Bertz CT molecular complexity index is 918. The lowest BCUT2D eigenvalue weighted by atomic mass is 9.97. The highest BCUT2D eigenvalue weighted by molar-refractivity contribution is 5.96. The fourth-order valence-electron chi connectivity index (χ4n) is 3.05. The molecule has 0 unspecified atom stereocenters. The first-order chi connectivity index (χ1) is 12.0. The smallest absolute Gasteiger partial charge is 0.244 e. The van der Waals surface area contributed by atoms with Crippen molar-refractivity contribution in [2.45, 2.75) is 19.9 Å². The Morgan fingerprint density at radius 3 is 2.56 bits per heavy atom. The van der Waals surface area contributed by atoms with Crippen LogP contribution in [-0.2, 0) is 4.79 Å². The molecule has 4 nitrogen and oxygen atoms in total. The molecule has 1 atom stereocenters. The average molecular weight is 333 g/mol. The lowest BCUT2D eigenvalue weighted by molar-refractivity contribution is -0.129. The number of pyridine rings is 1. The maximum absolute atomic E-state index is 12.0. The number of benzene rings is 2. The largest absolute Gasteiger partial charge is 0.374 e. The fraction of sp³-hybridized carbons (Fsp3) is 0.238. The number of fused-ring (bicyclic) bond motifs is 1. The summed E-state index contributed by atoms with van der Waals surface area (Å²) in [6.07, 6.45) is 1.84. The molecule has 0 aliphatic heterocycles. The van der Waals surface area contributed by atoms with E-state index in [0.717, 1.165) is 16.6 Å². The van der Waals surface area contributed by atoms with Crippen LogP contribution in [0, 0.1) is 6.92 Å². The molecule has 1 aromatic heterocycles. The number of nitrogens with one attached hydrogen (secondary N) is 1. The molecule has 128 valence electrons. The molecular formula is C21H23N3O. The van der Waals surface area contributed by atoms with Crippen molar-refractivity contribution in [3.63, 3.8) is 0 Å². The fourth-order valence-corrected chi connectivity index (χ4v) is 3.05. The van der Waals surface area contributed by atoms with Crippen molar-refractivity contribution in [3.05, 3.63) is 60.3 Å². The van der Waals surface area contributed by atoms with Gasteiger partial charge in [0.2, 0.25) is 5.91 Å². The van der Waals surface area contributed by atoms with Gasteiger partial charge in [0.05, 0.1) is 5.52 Å². The molecule has 1 amide bonds. The van der Waals surface area contributed by atoms with Gasteiger partial charge in [-0.1, -0.05) is 30.3 Å².